The van der Waals surface area contributed by atoms with E-state index >= 15 is 0 Å². The van der Waals surface area contributed by atoms with Gasteiger partial charge in [-0.05, 0) is 36.6 Å². The van der Waals surface area contributed by atoms with E-state index in [4.69, 9.17) is 0 Å². The number of nitrogens with one attached hydrogen (secondary N) is 1. The van der Waals surface area contributed by atoms with Gasteiger partial charge < -0.3 is 5.32 Å². The maximum absolute atomic E-state index is 3.53. The van der Waals surface area contributed by atoms with Crippen LogP contribution < -0.4 is 5.32 Å². The van der Waals surface area contributed by atoms with E-state index in [0.717, 1.165) is 16.9 Å². The maximum atomic E-state index is 3.53. The van der Waals surface area contributed by atoms with Crippen LogP contribution in [0.1, 0.15) is 24.9 Å². The van der Waals surface area contributed by atoms with Crippen molar-refractivity contribution in [2.75, 3.05) is 6.54 Å². The van der Waals surface area contributed by atoms with Crippen molar-refractivity contribution in [3.63, 3.8) is 0 Å². The third kappa shape index (κ3) is 1.94. The molecule has 0 aromatic heterocycles. The van der Waals surface area contributed by atoms with Gasteiger partial charge in [-0.3, -0.25) is 0 Å². The summed E-state index contributed by atoms with van der Waals surface area (Å²) in [6.45, 7) is 3.47. The van der Waals surface area contributed by atoms with Gasteiger partial charge in [0.05, 0.1) is 0 Å². The molecule has 0 spiro atoms. The predicted molar refractivity (Wildman–Crippen MR) is 58.7 cm³/mol. The summed E-state index contributed by atoms with van der Waals surface area (Å²) in [6, 6.07) is 9.19. The van der Waals surface area contributed by atoms with E-state index < -0.39 is 0 Å². The molecule has 13 heavy (non-hydrogen) atoms. The summed E-state index contributed by atoms with van der Waals surface area (Å²) >= 11 is 3.45. The topological polar surface area (TPSA) is 12.0 Å². The van der Waals surface area contributed by atoms with Gasteiger partial charge in [-0.15, -0.1) is 0 Å². The predicted octanol–water partition coefficient (Wildman–Crippen LogP) is 3.12. The molecule has 2 atom stereocenters. The van der Waals surface area contributed by atoms with Crippen molar-refractivity contribution in [1.29, 1.82) is 0 Å². The third-order valence-corrected chi connectivity index (χ3v) is 3.29. The first-order chi connectivity index (χ1) is 6.27. The molecule has 70 valence electrons. The minimum Gasteiger partial charge on any atom is -0.310 e. The Balaban J connectivity index is 2.20. The van der Waals surface area contributed by atoms with Crippen LogP contribution in [0.3, 0.4) is 0 Å². The molecule has 1 aromatic carbocycles. The number of benzene rings is 1. The maximum Gasteiger partial charge on any atom is 0.0346 e. The standard InChI is InChI=1S/C11H14BrN/c1-8-6-7-13-11(8)9-2-4-10(12)5-3-9/h2-5,8,11,13H,6-7H2,1H3/t8-,11-/m1/s1. The Morgan fingerprint density at radius 3 is 2.54 bits per heavy atom. The van der Waals surface area contributed by atoms with E-state index in [1.807, 2.05) is 0 Å². The summed E-state index contributed by atoms with van der Waals surface area (Å²) in [5.74, 6) is 0.765. The van der Waals surface area contributed by atoms with Crippen LogP contribution in [0.4, 0.5) is 0 Å². The molecule has 1 saturated heterocycles. The first-order valence-electron chi connectivity index (χ1n) is 4.76. The van der Waals surface area contributed by atoms with Crippen LogP contribution in [0.5, 0.6) is 0 Å². The summed E-state index contributed by atoms with van der Waals surface area (Å²) in [5.41, 5.74) is 1.41. The Kier molecular flexibility index (Phi) is 2.70. The molecular formula is C11H14BrN. The first-order valence-corrected chi connectivity index (χ1v) is 5.55. The molecular weight excluding hydrogens is 226 g/mol. The zero-order valence-corrected chi connectivity index (χ0v) is 9.34. The molecule has 1 aromatic rings. The largest absolute Gasteiger partial charge is 0.310 e. The van der Waals surface area contributed by atoms with Crippen molar-refractivity contribution >= 4 is 15.9 Å². The SMILES string of the molecule is C[C@@H]1CCN[C@H]1c1ccc(Br)cc1. The molecule has 1 aliphatic heterocycles. The van der Waals surface area contributed by atoms with Crippen LogP contribution in [0.2, 0.25) is 0 Å². The number of hydrogen-bond donors (Lipinski definition) is 1. The lowest BCUT2D eigenvalue weighted by Gasteiger charge is -2.15. The molecule has 0 saturated carbocycles. The van der Waals surface area contributed by atoms with Gasteiger partial charge in [0, 0.05) is 10.5 Å². The van der Waals surface area contributed by atoms with Gasteiger partial charge >= 0.3 is 0 Å². The molecule has 0 aliphatic carbocycles. The lowest BCUT2D eigenvalue weighted by molar-refractivity contribution is 0.504. The Morgan fingerprint density at radius 1 is 1.31 bits per heavy atom. The number of hydrogen-bond acceptors (Lipinski definition) is 1. The molecule has 0 radical (unpaired) electrons. The summed E-state index contributed by atoms with van der Waals surface area (Å²) in [5, 5.41) is 3.53. The van der Waals surface area contributed by atoms with Crippen molar-refractivity contribution in [2.24, 2.45) is 5.92 Å². The fourth-order valence-electron chi connectivity index (χ4n) is 1.95. The Hall–Kier alpha value is -0.340. The highest BCUT2D eigenvalue weighted by Crippen LogP contribution is 2.29. The molecule has 1 heterocycles. The van der Waals surface area contributed by atoms with Crippen LogP contribution >= 0.6 is 15.9 Å². The van der Waals surface area contributed by atoms with Gasteiger partial charge in [0.1, 0.15) is 0 Å². The second kappa shape index (κ2) is 3.81. The van der Waals surface area contributed by atoms with E-state index in [1.54, 1.807) is 0 Å². The van der Waals surface area contributed by atoms with E-state index in [9.17, 15) is 0 Å². The molecule has 1 nitrogen and oxygen atoms in total. The van der Waals surface area contributed by atoms with Gasteiger partial charge in [-0.2, -0.15) is 0 Å². The van der Waals surface area contributed by atoms with Crippen LogP contribution in [0.15, 0.2) is 28.7 Å². The molecule has 1 aliphatic rings. The lowest BCUT2D eigenvalue weighted by atomic mass is 9.96. The smallest absolute Gasteiger partial charge is 0.0346 e. The first kappa shape index (κ1) is 9.22. The van der Waals surface area contributed by atoms with Crippen molar-refractivity contribution in [3.8, 4) is 0 Å². The zero-order valence-electron chi connectivity index (χ0n) is 7.76. The van der Waals surface area contributed by atoms with Gasteiger partial charge in [-0.1, -0.05) is 35.0 Å². The van der Waals surface area contributed by atoms with Gasteiger partial charge in [-0.25, -0.2) is 0 Å². The summed E-state index contributed by atoms with van der Waals surface area (Å²) in [7, 11) is 0. The highest BCUT2D eigenvalue weighted by atomic mass is 79.9. The molecule has 0 amide bonds. The highest BCUT2D eigenvalue weighted by Gasteiger charge is 2.23. The molecule has 0 unspecified atom stereocenters. The minimum atomic E-state index is 0.563. The normalized spacial score (nSPS) is 27.8. The second-order valence-corrected chi connectivity index (χ2v) is 4.66. The lowest BCUT2D eigenvalue weighted by Crippen LogP contribution is -2.16. The summed E-state index contributed by atoms with van der Waals surface area (Å²) in [4.78, 5) is 0. The monoisotopic (exact) mass is 239 g/mol. The van der Waals surface area contributed by atoms with Crippen LogP contribution in [-0.2, 0) is 0 Å². The Labute approximate surface area is 87.7 Å². The second-order valence-electron chi connectivity index (χ2n) is 3.75. The number of rotatable bonds is 1. The molecule has 1 N–H and O–H groups in total. The molecule has 0 bridgehead atoms. The molecule has 2 rings (SSSR count). The van der Waals surface area contributed by atoms with Crippen molar-refractivity contribution in [2.45, 2.75) is 19.4 Å². The van der Waals surface area contributed by atoms with Crippen molar-refractivity contribution in [1.82, 2.24) is 5.32 Å². The van der Waals surface area contributed by atoms with Gasteiger partial charge in [0.2, 0.25) is 0 Å². The average molecular weight is 240 g/mol. The van der Waals surface area contributed by atoms with E-state index in [2.05, 4.69) is 52.4 Å². The van der Waals surface area contributed by atoms with Crippen molar-refractivity contribution < 1.29 is 0 Å². The summed E-state index contributed by atoms with van der Waals surface area (Å²) < 4.78 is 1.15. The fraction of sp³-hybridized carbons (Fsp3) is 0.455. The zero-order chi connectivity index (χ0) is 9.26. The van der Waals surface area contributed by atoms with Crippen LogP contribution in [-0.4, -0.2) is 6.54 Å². The minimum absolute atomic E-state index is 0.563. The fourth-order valence-corrected chi connectivity index (χ4v) is 2.22. The Morgan fingerprint density at radius 2 is 2.00 bits per heavy atom. The van der Waals surface area contributed by atoms with E-state index in [-0.39, 0.29) is 0 Å². The quantitative estimate of drug-likeness (QED) is 0.795. The summed E-state index contributed by atoms with van der Waals surface area (Å²) in [6.07, 6.45) is 1.29. The van der Waals surface area contributed by atoms with Gasteiger partial charge in [0.25, 0.3) is 0 Å². The molecule has 2 heteroatoms. The Bertz CT molecular complexity index is 281. The van der Waals surface area contributed by atoms with E-state index in [0.29, 0.717) is 6.04 Å². The third-order valence-electron chi connectivity index (χ3n) is 2.76. The van der Waals surface area contributed by atoms with Crippen LogP contribution in [0.25, 0.3) is 0 Å². The molecule has 1 fully saturated rings. The van der Waals surface area contributed by atoms with E-state index in [1.165, 1.54) is 12.0 Å². The van der Waals surface area contributed by atoms with Crippen molar-refractivity contribution in [3.05, 3.63) is 34.3 Å². The van der Waals surface area contributed by atoms with Crippen LogP contribution in [0, 0.1) is 5.92 Å². The van der Waals surface area contributed by atoms with Gasteiger partial charge in [0.15, 0.2) is 0 Å². The average Bonchev–Trinajstić information content (AvgIpc) is 2.53. The highest BCUT2D eigenvalue weighted by molar-refractivity contribution is 9.10. The number of halogens is 1.